The lowest BCUT2D eigenvalue weighted by atomic mass is 10.1. The number of hydrogen-bond donors (Lipinski definition) is 1. The first-order valence-electron chi connectivity index (χ1n) is 7.83. The molecule has 0 saturated heterocycles. The molecular formula is C17H17N3O3S2. The van der Waals surface area contributed by atoms with Crippen LogP contribution in [0.4, 0.5) is 10.8 Å². The molecule has 1 aliphatic rings. The molecular weight excluding hydrogens is 358 g/mol. The number of nitrogens with one attached hydrogen (secondary N) is 1. The van der Waals surface area contributed by atoms with Gasteiger partial charge in [-0.1, -0.05) is 6.07 Å². The second-order valence-corrected chi connectivity index (χ2v) is 8.66. The lowest BCUT2D eigenvalue weighted by molar-refractivity contribution is 0.518. The molecule has 2 aromatic heterocycles. The molecule has 8 heteroatoms. The van der Waals surface area contributed by atoms with Crippen LogP contribution in [0.2, 0.25) is 0 Å². The largest absolute Gasteiger partial charge is 0.467 e. The Balaban J connectivity index is 1.53. The Labute approximate surface area is 150 Å². The summed E-state index contributed by atoms with van der Waals surface area (Å²) in [5.41, 5.74) is 3.70. The summed E-state index contributed by atoms with van der Waals surface area (Å²) in [7, 11) is -3.22. The van der Waals surface area contributed by atoms with Gasteiger partial charge in [-0.15, -0.1) is 11.3 Å². The van der Waals surface area contributed by atoms with Crippen molar-refractivity contribution in [3.63, 3.8) is 0 Å². The van der Waals surface area contributed by atoms with Crippen molar-refractivity contribution in [2.45, 2.75) is 13.0 Å². The fourth-order valence-corrected chi connectivity index (χ4v) is 4.62. The second-order valence-electron chi connectivity index (χ2n) is 5.90. The smallest absolute Gasteiger partial charge is 0.232 e. The van der Waals surface area contributed by atoms with Crippen LogP contribution in [0.1, 0.15) is 11.3 Å². The van der Waals surface area contributed by atoms with E-state index >= 15 is 0 Å². The van der Waals surface area contributed by atoms with Gasteiger partial charge in [-0.25, -0.2) is 13.4 Å². The Kier molecular flexibility index (Phi) is 4.01. The van der Waals surface area contributed by atoms with Crippen LogP contribution in [0, 0.1) is 0 Å². The van der Waals surface area contributed by atoms with Crippen LogP contribution in [0.5, 0.6) is 0 Å². The maximum Gasteiger partial charge on any atom is 0.232 e. The van der Waals surface area contributed by atoms with E-state index in [1.807, 2.05) is 35.7 Å². The highest BCUT2D eigenvalue weighted by Gasteiger charge is 2.26. The number of furan rings is 1. The molecule has 0 radical (unpaired) electrons. The third kappa shape index (κ3) is 3.27. The maximum atomic E-state index is 11.8. The molecule has 6 nitrogen and oxygen atoms in total. The molecule has 0 spiro atoms. The van der Waals surface area contributed by atoms with E-state index in [-0.39, 0.29) is 0 Å². The van der Waals surface area contributed by atoms with Gasteiger partial charge in [-0.05, 0) is 36.2 Å². The minimum absolute atomic E-state index is 0.505. The molecule has 3 heterocycles. The summed E-state index contributed by atoms with van der Waals surface area (Å²) in [5, 5.41) is 6.06. The summed E-state index contributed by atoms with van der Waals surface area (Å²) in [4.78, 5) is 4.61. The molecule has 0 atom stereocenters. The first kappa shape index (κ1) is 16.2. The van der Waals surface area contributed by atoms with E-state index in [1.165, 1.54) is 21.9 Å². The Morgan fingerprint density at radius 2 is 2.24 bits per heavy atom. The van der Waals surface area contributed by atoms with E-state index in [9.17, 15) is 8.42 Å². The molecule has 0 unspecified atom stereocenters. The lowest BCUT2D eigenvalue weighted by Gasteiger charge is -2.16. The minimum Gasteiger partial charge on any atom is -0.467 e. The molecule has 1 N–H and O–H groups in total. The monoisotopic (exact) mass is 375 g/mol. The normalized spacial score (nSPS) is 13.9. The van der Waals surface area contributed by atoms with Gasteiger partial charge in [-0.2, -0.15) is 0 Å². The van der Waals surface area contributed by atoms with Crippen molar-refractivity contribution < 1.29 is 12.8 Å². The van der Waals surface area contributed by atoms with Gasteiger partial charge in [0.1, 0.15) is 5.76 Å². The summed E-state index contributed by atoms with van der Waals surface area (Å²) >= 11 is 1.53. The van der Waals surface area contributed by atoms with Gasteiger partial charge < -0.3 is 9.73 Å². The van der Waals surface area contributed by atoms with Crippen LogP contribution in [0.25, 0.3) is 11.3 Å². The standard InChI is InChI=1S/C17H17N3O3S2/c1-25(21,22)20-7-6-13-9-12(4-5-16(13)20)15-11-24-17(19-15)18-10-14-3-2-8-23-14/h2-5,8-9,11H,6-7,10H2,1H3,(H,18,19). The van der Waals surface area contributed by atoms with Gasteiger partial charge in [0.15, 0.2) is 5.13 Å². The topological polar surface area (TPSA) is 75.4 Å². The summed E-state index contributed by atoms with van der Waals surface area (Å²) in [5.74, 6) is 0.857. The van der Waals surface area contributed by atoms with Gasteiger partial charge in [0, 0.05) is 17.5 Å². The second kappa shape index (κ2) is 6.20. The lowest BCUT2D eigenvalue weighted by Crippen LogP contribution is -2.27. The maximum absolute atomic E-state index is 11.8. The Hall–Kier alpha value is -2.32. The molecule has 1 aliphatic heterocycles. The van der Waals surface area contributed by atoms with E-state index in [0.717, 1.165) is 39.8 Å². The predicted octanol–water partition coefficient (Wildman–Crippen LogP) is 3.34. The molecule has 0 amide bonds. The van der Waals surface area contributed by atoms with Crippen molar-refractivity contribution in [1.82, 2.24) is 4.98 Å². The zero-order valence-corrected chi connectivity index (χ0v) is 15.2. The number of anilines is 2. The fourth-order valence-electron chi connectivity index (χ4n) is 2.94. The highest BCUT2D eigenvalue weighted by Crippen LogP contribution is 2.34. The van der Waals surface area contributed by atoms with Crippen molar-refractivity contribution in [2.75, 3.05) is 22.4 Å². The first-order valence-corrected chi connectivity index (χ1v) is 10.6. The van der Waals surface area contributed by atoms with Crippen molar-refractivity contribution in [3.05, 3.63) is 53.3 Å². The van der Waals surface area contributed by atoms with E-state index in [4.69, 9.17) is 4.42 Å². The summed E-state index contributed by atoms with van der Waals surface area (Å²) in [6, 6.07) is 9.60. The average molecular weight is 375 g/mol. The molecule has 3 aromatic rings. The number of fused-ring (bicyclic) bond motifs is 1. The van der Waals surface area contributed by atoms with Gasteiger partial charge in [-0.3, -0.25) is 4.31 Å². The highest BCUT2D eigenvalue weighted by atomic mass is 32.2. The Morgan fingerprint density at radius 3 is 3.00 bits per heavy atom. The number of nitrogens with zero attached hydrogens (tertiary/aromatic N) is 2. The molecule has 0 fully saturated rings. The third-order valence-corrected chi connectivity index (χ3v) is 6.11. The fraction of sp³-hybridized carbons (Fsp3) is 0.235. The van der Waals surface area contributed by atoms with Crippen LogP contribution in [-0.2, 0) is 23.0 Å². The minimum atomic E-state index is -3.22. The number of aromatic nitrogens is 1. The zero-order valence-electron chi connectivity index (χ0n) is 13.6. The molecule has 130 valence electrons. The molecule has 1 aromatic carbocycles. The number of thiazole rings is 1. The van der Waals surface area contributed by atoms with Gasteiger partial charge in [0.05, 0.1) is 30.4 Å². The van der Waals surface area contributed by atoms with Crippen LogP contribution in [-0.4, -0.2) is 26.2 Å². The van der Waals surface area contributed by atoms with E-state index in [0.29, 0.717) is 13.1 Å². The SMILES string of the molecule is CS(=O)(=O)N1CCc2cc(-c3csc(NCc4ccco4)n3)ccc21. The predicted molar refractivity (Wildman–Crippen MR) is 99.5 cm³/mol. The zero-order chi connectivity index (χ0) is 17.4. The van der Waals surface area contributed by atoms with Crippen LogP contribution in [0.15, 0.2) is 46.4 Å². The average Bonchev–Trinajstić information content (AvgIpc) is 3.31. The number of benzene rings is 1. The summed E-state index contributed by atoms with van der Waals surface area (Å²) in [6.45, 7) is 1.10. The van der Waals surface area contributed by atoms with Gasteiger partial charge >= 0.3 is 0 Å². The number of sulfonamides is 1. The van der Waals surface area contributed by atoms with Crippen LogP contribution in [0.3, 0.4) is 0 Å². The Morgan fingerprint density at radius 1 is 1.36 bits per heavy atom. The van der Waals surface area contributed by atoms with Crippen molar-refractivity contribution >= 4 is 32.2 Å². The van der Waals surface area contributed by atoms with Crippen molar-refractivity contribution in [1.29, 1.82) is 0 Å². The molecule has 25 heavy (non-hydrogen) atoms. The third-order valence-electron chi connectivity index (χ3n) is 4.13. The number of rotatable bonds is 5. The van der Waals surface area contributed by atoms with E-state index in [2.05, 4.69) is 10.3 Å². The highest BCUT2D eigenvalue weighted by molar-refractivity contribution is 7.92. The summed E-state index contributed by atoms with van der Waals surface area (Å²) < 4.78 is 30.4. The van der Waals surface area contributed by atoms with Crippen molar-refractivity contribution in [3.8, 4) is 11.3 Å². The number of hydrogen-bond acceptors (Lipinski definition) is 6. The van der Waals surface area contributed by atoms with Crippen LogP contribution < -0.4 is 9.62 Å². The molecule has 0 aliphatic carbocycles. The van der Waals surface area contributed by atoms with E-state index in [1.54, 1.807) is 6.26 Å². The van der Waals surface area contributed by atoms with E-state index < -0.39 is 10.0 Å². The first-order chi connectivity index (χ1) is 12.0. The van der Waals surface area contributed by atoms with Crippen molar-refractivity contribution in [2.24, 2.45) is 0 Å². The van der Waals surface area contributed by atoms with Gasteiger partial charge in [0.2, 0.25) is 10.0 Å². The van der Waals surface area contributed by atoms with Gasteiger partial charge in [0.25, 0.3) is 0 Å². The molecule has 0 saturated carbocycles. The quantitative estimate of drug-likeness (QED) is 0.740. The molecule has 0 bridgehead atoms. The Bertz CT molecular complexity index is 994. The van der Waals surface area contributed by atoms with Crippen LogP contribution >= 0.6 is 11.3 Å². The summed E-state index contributed by atoms with van der Waals surface area (Å²) in [6.07, 6.45) is 3.62. The molecule has 4 rings (SSSR count).